The summed E-state index contributed by atoms with van der Waals surface area (Å²) < 4.78 is 48.5. The lowest BCUT2D eigenvalue weighted by molar-refractivity contribution is -0.162. The van der Waals surface area contributed by atoms with Gasteiger partial charge < -0.3 is 15.1 Å². The molecule has 2 N–H and O–H groups in total. The van der Waals surface area contributed by atoms with E-state index in [9.17, 15) is 22.8 Å². The summed E-state index contributed by atoms with van der Waals surface area (Å²) in [4.78, 5) is 31.4. The third-order valence-corrected chi connectivity index (χ3v) is 14.8. The summed E-state index contributed by atoms with van der Waals surface area (Å²) in [7, 11) is -2.40. The minimum atomic E-state index is -4.54. The van der Waals surface area contributed by atoms with E-state index in [4.69, 9.17) is 21.0 Å². The maximum Gasteiger partial charge on any atom is 0.411 e. The van der Waals surface area contributed by atoms with Crippen molar-refractivity contribution in [2.24, 2.45) is 0 Å². The number of benzene rings is 2. The van der Waals surface area contributed by atoms with Crippen LogP contribution < -0.4 is 16.2 Å². The molecule has 42 heavy (non-hydrogen) atoms. The van der Waals surface area contributed by atoms with Crippen LogP contribution in [0.25, 0.3) is 16.6 Å². The van der Waals surface area contributed by atoms with Gasteiger partial charge in [-0.1, -0.05) is 65.3 Å². The van der Waals surface area contributed by atoms with Gasteiger partial charge in [0.15, 0.2) is 0 Å². The van der Waals surface area contributed by atoms with E-state index in [1.54, 1.807) is 30.3 Å². The molecule has 1 atom stereocenters. The smallest absolute Gasteiger partial charge is 0.406 e. The van der Waals surface area contributed by atoms with Crippen LogP contribution in [0.15, 0.2) is 47.3 Å². The number of nitrogens with one attached hydrogen (secondary N) is 2. The second kappa shape index (κ2) is 11.7. The number of carbonyl (C=O) groups excluding carboxylic acids is 1. The number of aromatic nitrogens is 2. The first kappa shape index (κ1) is 32.0. The number of halogens is 4. The number of hydrogen-bond acceptors (Lipinski definition) is 4. The standard InChI is InChI=1S/C30H38ClF3N4O3Si/c1-17(2)42(18(3)4,19(5)6)41-20(7)26-36-24-13-9-12-23(31)25(24)27(39)38(26)22-11-8-10-21(16-22)35-28(40)37-29(14-15-29)30(32,33)34/h8-13,16-20H,14-15H2,1-7H3,(H2,35,37,40)/t20-/m0/s1. The van der Waals surface area contributed by atoms with Crippen molar-refractivity contribution in [3.05, 3.63) is 63.7 Å². The maximum absolute atomic E-state index is 14.1. The average molecular weight is 623 g/mol. The summed E-state index contributed by atoms with van der Waals surface area (Å²) in [5.41, 5.74) is -0.769. The summed E-state index contributed by atoms with van der Waals surface area (Å²) in [6.07, 6.45) is -5.46. The van der Waals surface area contributed by atoms with E-state index in [-0.39, 0.29) is 45.6 Å². The molecule has 7 nitrogen and oxygen atoms in total. The van der Waals surface area contributed by atoms with Crippen molar-refractivity contribution in [3.63, 3.8) is 0 Å². The molecule has 0 aliphatic heterocycles. The molecule has 0 saturated heterocycles. The van der Waals surface area contributed by atoms with Crippen molar-refractivity contribution >= 4 is 42.5 Å². The molecule has 3 aromatic rings. The van der Waals surface area contributed by atoms with Gasteiger partial charge in [-0.15, -0.1) is 0 Å². The Labute approximate surface area is 249 Å². The predicted octanol–water partition coefficient (Wildman–Crippen LogP) is 8.51. The van der Waals surface area contributed by atoms with Crippen LogP contribution in [0, 0.1) is 0 Å². The molecule has 12 heteroatoms. The van der Waals surface area contributed by atoms with Gasteiger partial charge >= 0.3 is 12.2 Å². The lowest BCUT2D eigenvalue weighted by Crippen LogP contribution is -2.49. The minimum Gasteiger partial charge on any atom is -0.406 e. The van der Waals surface area contributed by atoms with E-state index in [0.29, 0.717) is 17.0 Å². The van der Waals surface area contributed by atoms with E-state index in [1.165, 1.54) is 16.7 Å². The summed E-state index contributed by atoms with van der Waals surface area (Å²) in [6, 6.07) is 10.4. The summed E-state index contributed by atoms with van der Waals surface area (Å²) in [5.74, 6) is 0.365. The molecule has 2 amide bonds. The third kappa shape index (κ3) is 5.83. The number of anilines is 1. The second-order valence-corrected chi connectivity index (χ2v) is 17.8. The Hall–Kier alpha value is -2.89. The molecule has 1 aliphatic rings. The van der Waals surface area contributed by atoms with E-state index in [1.807, 2.05) is 6.92 Å². The topological polar surface area (TPSA) is 85.2 Å². The van der Waals surface area contributed by atoms with Crippen LogP contribution >= 0.6 is 11.6 Å². The Morgan fingerprint density at radius 3 is 2.17 bits per heavy atom. The fourth-order valence-corrected chi connectivity index (χ4v) is 12.0. The molecule has 0 unspecified atom stereocenters. The van der Waals surface area contributed by atoms with Crippen LogP contribution in [0.4, 0.5) is 23.7 Å². The zero-order valence-corrected chi connectivity index (χ0v) is 26.7. The number of rotatable bonds is 9. The van der Waals surface area contributed by atoms with Crippen molar-refractivity contribution in [3.8, 4) is 5.69 Å². The zero-order valence-electron chi connectivity index (χ0n) is 24.9. The monoisotopic (exact) mass is 622 g/mol. The molecule has 0 spiro atoms. The maximum atomic E-state index is 14.1. The Bertz CT molecular complexity index is 1510. The fourth-order valence-electron chi connectivity index (χ4n) is 6.20. The summed E-state index contributed by atoms with van der Waals surface area (Å²) >= 11 is 6.45. The minimum absolute atomic E-state index is 0.169. The van der Waals surface area contributed by atoms with Crippen molar-refractivity contribution in [2.75, 3.05) is 5.32 Å². The SMILES string of the molecule is CC(C)[Si](O[C@@H](C)c1nc2cccc(Cl)c2c(=O)n1-c1cccc(NC(=O)NC2(C(F)(F)F)CC2)c1)(C(C)C)C(C)C. The van der Waals surface area contributed by atoms with Crippen LogP contribution in [-0.4, -0.2) is 35.6 Å². The summed E-state index contributed by atoms with van der Waals surface area (Å²) in [6.45, 7) is 14.9. The predicted molar refractivity (Wildman–Crippen MR) is 163 cm³/mol. The van der Waals surface area contributed by atoms with Gasteiger partial charge in [-0.05, 0) is 66.7 Å². The molecule has 1 saturated carbocycles. The first-order valence-electron chi connectivity index (χ1n) is 14.2. The quantitative estimate of drug-likeness (QED) is 0.234. The highest BCUT2D eigenvalue weighted by molar-refractivity contribution is 6.77. The fraction of sp³-hybridized carbons (Fsp3) is 0.500. The third-order valence-electron chi connectivity index (χ3n) is 8.33. The molecule has 228 valence electrons. The molecular formula is C30H38ClF3N4O3Si. The molecule has 4 rings (SSSR count). The highest BCUT2D eigenvalue weighted by Crippen LogP contribution is 2.49. The molecule has 1 fully saturated rings. The van der Waals surface area contributed by atoms with Gasteiger partial charge in [0, 0.05) is 5.69 Å². The molecule has 1 heterocycles. The molecule has 0 radical (unpaired) electrons. The lowest BCUT2D eigenvalue weighted by atomic mass is 10.2. The van der Waals surface area contributed by atoms with Crippen LogP contribution in [0.1, 0.15) is 73.2 Å². The van der Waals surface area contributed by atoms with Gasteiger partial charge in [0.05, 0.1) is 21.6 Å². The van der Waals surface area contributed by atoms with Gasteiger partial charge in [-0.3, -0.25) is 9.36 Å². The van der Waals surface area contributed by atoms with E-state index >= 15 is 0 Å². The molecule has 0 bridgehead atoms. The Morgan fingerprint density at radius 1 is 1.02 bits per heavy atom. The van der Waals surface area contributed by atoms with E-state index in [0.717, 1.165) is 0 Å². The van der Waals surface area contributed by atoms with Gasteiger partial charge in [0.1, 0.15) is 17.5 Å². The number of alkyl halides is 3. The number of nitrogens with zero attached hydrogens (tertiary/aromatic N) is 2. The first-order chi connectivity index (χ1) is 19.5. The summed E-state index contributed by atoms with van der Waals surface area (Å²) in [5, 5.41) is 5.01. The Morgan fingerprint density at radius 2 is 1.62 bits per heavy atom. The Kier molecular flexibility index (Phi) is 8.89. The number of amides is 2. The van der Waals surface area contributed by atoms with Crippen molar-refractivity contribution in [1.82, 2.24) is 14.9 Å². The number of urea groups is 1. The van der Waals surface area contributed by atoms with Crippen molar-refractivity contribution < 1.29 is 22.4 Å². The molecular weight excluding hydrogens is 585 g/mol. The van der Waals surface area contributed by atoms with Gasteiger partial charge in [-0.2, -0.15) is 13.2 Å². The Balaban J connectivity index is 1.80. The van der Waals surface area contributed by atoms with Gasteiger partial charge in [0.2, 0.25) is 8.32 Å². The van der Waals surface area contributed by atoms with Gasteiger partial charge in [-0.25, -0.2) is 9.78 Å². The average Bonchev–Trinajstić information content (AvgIpc) is 3.67. The highest BCUT2D eigenvalue weighted by Gasteiger charge is 2.64. The molecule has 1 aliphatic carbocycles. The van der Waals surface area contributed by atoms with E-state index < -0.39 is 37.7 Å². The van der Waals surface area contributed by atoms with Gasteiger partial charge in [0.25, 0.3) is 5.56 Å². The number of fused-ring (bicyclic) bond motifs is 1. The van der Waals surface area contributed by atoms with Crippen molar-refractivity contribution in [1.29, 1.82) is 0 Å². The molecule has 2 aromatic carbocycles. The van der Waals surface area contributed by atoms with Crippen molar-refractivity contribution in [2.45, 2.75) is 95.8 Å². The number of carbonyl (C=O) groups is 1. The van der Waals surface area contributed by atoms with Crippen LogP contribution in [0.5, 0.6) is 0 Å². The van der Waals surface area contributed by atoms with Crippen LogP contribution in [0.2, 0.25) is 21.6 Å². The molecule has 1 aromatic heterocycles. The van der Waals surface area contributed by atoms with Crippen LogP contribution in [-0.2, 0) is 4.43 Å². The first-order valence-corrected chi connectivity index (χ1v) is 16.7. The number of hydrogen-bond donors (Lipinski definition) is 2. The zero-order chi connectivity index (χ0) is 31.2. The second-order valence-electron chi connectivity index (χ2n) is 12.0. The van der Waals surface area contributed by atoms with E-state index in [2.05, 4.69) is 52.2 Å². The van der Waals surface area contributed by atoms with Crippen LogP contribution in [0.3, 0.4) is 0 Å². The largest absolute Gasteiger partial charge is 0.411 e. The lowest BCUT2D eigenvalue weighted by Gasteiger charge is -2.44. The normalized spacial score (nSPS) is 15.9. The highest BCUT2D eigenvalue weighted by atomic mass is 35.5.